The molecule has 0 radical (unpaired) electrons. The Bertz CT molecular complexity index is 1640. The lowest BCUT2D eigenvalue weighted by molar-refractivity contribution is -0.384. The number of sulfone groups is 1. The second kappa shape index (κ2) is 12.9. The minimum Gasteiger partial charge on any atom is -0.288 e. The van der Waals surface area contributed by atoms with Crippen LogP contribution >= 0.6 is 47.8 Å². The van der Waals surface area contributed by atoms with Crippen LogP contribution in [0.5, 0.6) is 0 Å². The van der Waals surface area contributed by atoms with Gasteiger partial charge in [0.15, 0.2) is 15.3 Å². The van der Waals surface area contributed by atoms with Crippen molar-refractivity contribution in [1.82, 2.24) is 4.57 Å². The molecule has 1 heterocycles. The number of halogens is 3. The molecule has 0 bridgehead atoms. The van der Waals surface area contributed by atoms with Crippen LogP contribution in [0.1, 0.15) is 31.2 Å². The number of aromatic nitrogens is 1. The predicted octanol–water partition coefficient (Wildman–Crippen LogP) is 6.61. The number of alkyl halides is 2. The fourth-order valence-corrected chi connectivity index (χ4v) is 6.59. The highest BCUT2D eigenvalue weighted by atomic mass is 79.9. The number of non-ortho nitro benzene ring substituents is 1. The smallest absolute Gasteiger partial charge is 0.271 e. The monoisotopic (exact) mass is 723 g/mol. The Balaban J connectivity index is 2.17. The molecular weight excluding hydrogens is 706 g/mol. The van der Waals surface area contributed by atoms with Gasteiger partial charge in [0.1, 0.15) is 0 Å². The summed E-state index contributed by atoms with van der Waals surface area (Å²) in [5, 5.41) is 20.8. The van der Waals surface area contributed by atoms with E-state index in [1.165, 1.54) is 53.4 Å². The average Bonchev–Trinajstić information content (AvgIpc) is 2.87. The Morgan fingerprint density at radius 3 is 2.39 bits per heavy atom. The first-order valence-electron chi connectivity index (χ1n) is 11.2. The summed E-state index contributed by atoms with van der Waals surface area (Å²) in [6, 6.07) is 12.5. The lowest BCUT2D eigenvalue weighted by Gasteiger charge is -2.14. The molecule has 196 valence electrons. The van der Waals surface area contributed by atoms with Gasteiger partial charge in [0.05, 0.1) is 30.9 Å². The molecule has 0 fully saturated rings. The third-order valence-corrected chi connectivity index (χ3v) is 8.86. The van der Waals surface area contributed by atoms with Crippen molar-refractivity contribution in [3.05, 3.63) is 79.2 Å². The van der Waals surface area contributed by atoms with Gasteiger partial charge in [-0.1, -0.05) is 73.1 Å². The largest absolute Gasteiger partial charge is 0.288 e. The molecule has 0 N–H and O–H groups in total. The minimum atomic E-state index is -3.88. The van der Waals surface area contributed by atoms with Gasteiger partial charge in [0, 0.05) is 51.7 Å². The van der Waals surface area contributed by atoms with Crippen LogP contribution in [0.4, 0.5) is 5.69 Å². The summed E-state index contributed by atoms with van der Waals surface area (Å²) in [4.78, 5) is 24.3. The summed E-state index contributed by atoms with van der Waals surface area (Å²) in [5.41, 5.74) is -0.291. The van der Waals surface area contributed by atoms with Gasteiger partial charge in [0.2, 0.25) is 0 Å². The van der Waals surface area contributed by atoms with Crippen molar-refractivity contribution in [1.29, 1.82) is 5.26 Å². The van der Waals surface area contributed by atoms with E-state index in [9.17, 15) is 28.6 Å². The van der Waals surface area contributed by atoms with Gasteiger partial charge < -0.3 is 0 Å². The Morgan fingerprint density at radius 1 is 1.05 bits per heavy atom. The number of nitrogens with zero attached hydrogens (tertiary/aromatic N) is 3. The first-order chi connectivity index (χ1) is 18.0. The number of terminal acetylenes is 1. The summed E-state index contributed by atoms with van der Waals surface area (Å²) in [6.07, 6.45) is 11.0. The third-order valence-electron chi connectivity index (χ3n) is 5.65. The van der Waals surface area contributed by atoms with Crippen LogP contribution in [-0.2, 0) is 9.84 Å². The van der Waals surface area contributed by atoms with Gasteiger partial charge in [0.25, 0.3) is 5.69 Å². The van der Waals surface area contributed by atoms with E-state index in [1.807, 2.05) is 6.07 Å². The van der Waals surface area contributed by atoms with E-state index in [1.54, 1.807) is 0 Å². The molecule has 0 atom stereocenters. The van der Waals surface area contributed by atoms with Gasteiger partial charge in [-0.15, -0.1) is 0 Å². The molecule has 0 saturated heterocycles. The summed E-state index contributed by atoms with van der Waals surface area (Å²) in [7, 11) is -3.88. The number of nitro benzene ring substituents is 1. The van der Waals surface area contributed by atoms with Gasteiger partial charge in [-0.05, 0) is 36.6 Å². The molecule has 0 spiro atoms. The number of hydrogen-bond donors (Lipinski definition) is 0. The van der Waals surface area contributed by atoms with Crippen molar-refractivity contribution in [2.45, 2.75) is 34.3 Å². The van der Waals surface area contributed by atoms with E-state index < -0.39 is 20.2 Å². The van der Waals surface area contributed by atoms with E-state index in [4.69, 9.17) is 6.42 Å². The molecule has 0 amide bonds. The number of pyridine rings is 1. The number of rotatable bonds is 10. The topological polar surface area (TPSA) is 123 Å². The van der Waals surface area contributed by atoms with Gasteiger partial charge in [-0.3, -0.25) is 19.5 Å². The zero-order valence-corrected chi connectivity index (χ0v) is 25.3. The van der Waals surface area contributed by atoms with E-state index in [-0.39, 0.29) is 47.9 Å². The zero-order chi connectivity index (χ0) is 28.0. The molecule has 0 aliphatic carbocycles. The number of benzene rings is 2. The van der Waals surface area contributed by atoms with Gasteiger partial charge in [-0.25, -0.2) is 8.42 Å². The molecule has 1 aromatic heterocycles. The minimum absolute atomic E-state index is 0.00689. The highest BCUT2D eigenvalue weighted by molar-refractivity contribution is 9.24. The summed E-state index contributed by atoms with van der Waals surface area (Å²) in [5.74, 6) is -0.162. The molecule has 2 aromatic carbocycles. The Kier molecular flexibility index (Phi) is 10.1. The number of unbranched alkanes of at least 4 members (excludes halogenated alkanes) is 2. The molecular formula is C26H20Br3N3O5S. The molecule has 8 nitrogen and oxygen atoms in total. The normalized spacial score (nSPS) is 11.2. The van der Waals surface area contributed by atoms with Crippen LogP contribution in [-0.4, -0.2) is 27.4 Å². The molecule has 38 heavy (non-hydrogen) atoms. The molecule has 0 unspecified atom stereocenters. The van der Waals surface area contributed by atoms with Crippen molar-refractivity contribution in [2.75, 3.05) is 5.75 Å². The molecule has 0 aliphatic rings. The maximum atomic E-state index is 13.7. The van der Waals surface area contributed by atoms with Crippen molar-refractivity contribution < 1.29 is 13.3 Å². The molecule has 12 heteroatoms. The SMILES string of the molecule is C#Cn1cc(-c2cc(Br)cc([N+](=O)[O-])c2)c(=O)c(-c2ccc(C#N)cc2S(=O)(=O)CCCCCC(Br)Br)c1. The number of nitro groups is 1. The maximum Gasteiger partial charge on any atom is 0.271 e. The fourth-order valence-electron chi connectivity index (χ4n) is 3.83. The Hall–Kier alpha value is -2.77. The quantitative estimate of drug-likeness (QED) is 0.0762. The van der Waals surface area contributed by atoms with Crippen LogP contribution in [0, 0.1) is 33.9 Å². The van der Waals surface area contributed by atoms with Crippen molar-refractivity contribution in [3.63, 3.8) is 0 Å². The molecule has 3 aromatic rings. The van der Waals surface area contributed by atoms with Crippen molar-refractivity contribution >= 4 is 63.3 Å². The zero-order valence-electron chi connectivity index (χ0n) is 19.7. The summed E-state index contributed by atoms with van der Waals surface area (Å²) < 4.78 is 28.6. The molecule has 0 aliphatic heterocycles. The second-order valence-corrected chi connectivity index (χ2v) is 14.7. The van der Waals surface area contributed by atoms with Gasteiger partial charge in [-0.2, -0.15) is 5.26 Å². The van der Waals surface area contributed by atoms with E-state index in [2.05, 4.69) is 53.8 Å². The first kappa shape index (κ1) is 29.8. The predicted molar refractivity (Wildman–Crippen MR) is 157 cm³/mol. The number of nitriles is 1. The maximum absolute atomic E-state index is 13.7. The summed E-state index contributed by atoms with van der Waals surface area (Å²) in [6.45, 7) is 0. The lowest BCUT2D eigenvalue weighted by Crippen LogP contribution is -2.15. The van der Waals surface area contributed by atoms with Crippen molar-refractivity contribution in [2.24, 2.45) is 0 Å². The average molecular weight is 726 g/mol. The first-order valence-corrected chi connectivity index (χ1v) is 15.5. The fraction of sp³-hybridized carbons (Fsp3) is 0.231. The standard InChI is InChI=1S/C26H20Br3N3O5S/c1-2-31-15-22(18-11-19(27)13-20(12-18)32(34)35)26(33)23(16-31)21-8-7-17(14-30)10-24(21)38(36,37)9-5-3-4-6-25(28)29/h1,7-8,10-13,15-16,25H,3-6,9H2. The second-order valence-electron chi connectivity index (χ2n) is 8.29. The van der Waals surface area contributed by atoms with E-state index in [0.717, 1.165) is 12.8 Å². The molecule has 3 rings (SSSR count). The highest BCUT2D eigenvalue weighted by Gasteiger charge is 2.24. The van der Waals surface area contributed by atoms with E-state index in [0.29, 0.717) is 17.3 Å². The Labute approximate surface area is 245 Å². The van der Waals surface area contributed by atoms with Crippen LogP contribution in [0.2, 0.25) is 0 Å². The van der Waals surface area contributed by atoms with Crippen molar-refractivity contribution in [3.8, 4) is 40.8 Å². The highest BCUT2D eigenvalue weighted by Crippen LogP contribution is 2.32. The lowest BCUT2D eigenvalue weighted by atomic mass is 9.99. The number of hydrogen-bond acceptors (Lipinski definition) is 6. The van der Waals surface area contributed by atoms with Gasteiger partial charge >= 0.3 is 0 Å². The van der Waals surface area contributed by atoms with E-state index >= 15 is 0 Å². The molecule has 0 saturated carbocycles. The Morgan fingerprint density at radius 2 is 1.76 bits per heavy atom. The van der Waals surface area contributed by atoms with Crippen LogP contribution in [0.25, 0.3) is 22.3 Å². The van der Waals surface area contributed by atoms with Crippen LogP contribution in [0.15, 0.2) is 63.0 Å². The third kappa shape index (κ3) is 7.20. The van der Waals surface area contributed by atoms with Crippen LogP contribution in [0.3, 0.4) is 0 Å². The van der Waals surface area contributed by atoms with Crippen LogP contribution < -0.4 is 5.43 Å². The summed E-state index contributed by atoms with van der Waals surface area (Å²) >= 11 is 10.0.